The molecule has 0 saturated heterocycles. The second-order valence-electron chi connectivity index (χ2n) is 0.471. The molecule has 0 rings (SSSR count). The molecule has 0 atom stereocenters. The minimum absolute atomic E-state index is 0. The quantitative estimate of drug-likeness (QED) is 0.255. The van der Waals surface area contributed by atoms with Crippen LogP contribution in [0.4, 0.5) is 0 Å². The van der Waals surface area contributed by atoms with Gasteiger partial charge in [-0.3, -0.25) is 0 Å². The Morgan fingerprint density at radius 3 is 1.40 bits per heavy atom. The third-order valence-corrected chi connectivity index (χ3v) is 0.167. The summed E-state index contributed by atoms with van der Waals surface area (Å²) in [5.41, 5.74) is 0. The Morgan fingerprint density at radius 1 is 1.20 bits per heavy atom. The Bertz CT molecular complexity index is 28.5. The summed E-state index contributed by atoms with van der Waals surface area (Å²) in [5, 5.41) is 0. The summed E-state index contributed by atoms with van der Waals surface area (Å²) in [7, 11) is 0. The van der Waals surface area contributed by atoms with E-state index in [1.54, 1.807) is 12.2 Å². The molecule has 0 nitrogen and oxygen atoms in total. The van der Waals surface area contributed by atoms with Crippen LogP contribution in [0.3, 0.4) is 0 Å². The zero-order chi connectivity index (χ0) is 3.41. The molecule has 0 aromatic rings. The topological polar surface area (TPSA) is 0 Å². The van der Waals surface area contributed by atoms with Gasteiger partial charge in [0.15, 0.2) is 0 Å². The van der Waals surface area contributed by atoms with Crippen LogP contribution in [0.1, 0.15) is 1.43 Å². The molecule has 0 heterocycles. The van der Waals surface area contributed by atoms with E-state index in [0.29, 0.717) is 0 Å². The predicted octanol–water partition coefficient (Wildman–Crippen LogP) is -1.53. The first-order valence-electron chi connectivity index (χ1n) is 1.15. The Labute approximate surface area is 46.2 Å². The van der Waals surface area contributed by atoms with E-state index >= 15 is 0 Å². The van der Waals surface area contributed by atoms with E-state index in [-0.39, 0.29) is 20.3 Å². The van der Waals surface area contributed by atoms with Crippen LogP contribution in [0.5, 0.6) is 0 Å². The van der Waals surface area contributed by atoms with Gasteiger partial charge in [-0.1, -0.05) is 25.3 Å². The van der Waals surface area contributed by atoms with E-state index < -0.39 is 0 Å². The van der Waals surface area contributed by atoms with Crippen LogP contribution in [-0.4, -0.2) is 0 Å². The molecule has 0 fully saturated rings. The van der Waals surface area contributed by atoms with E-state index in [0.717, 1.165) is 0 Å². The summed E-state index contributed by atoms with van der Waals surface area (Å²) >= 11 is 0. The molecule has 0 aromatic carbocycles. The average molecular weight is 62.0 g/mol. The first-order valence-corrected chi connectivity index (χ1v) is 1.15. The monoisotopic (exact) mass is 62.1 g/mol. The maximum atomic E-state index is 3.36. The number of hydrogen-bond acceptors (Lipinski definition) is 0. The molecule has 0 amide bonds. The van der Waals surface area contributed by atoms with Gasteiger partial charge in [-0.15, -0.1) is 0 Å². The van der Waals surface area contributed by atoms with E-state index in [2.05, 4.69) is 13.2 Å². The fraction of sp³-hybridized carbons (Fsp3) is 0. The molecule has 0 radical (unpaired) electrons. The van der Waals surface area contributed by atoms with Crippen LogP contribution >= 0.6 is 0 Å². The Kier molecular flexibility index (Phi) is 16.0. The van der Waals surface area contributed by atoms with E-state index in [1.807, 2.05) is 0 Å². The molecule has 0 bridgehead atoms. The van der Waals surface area contributed by atoms with Crippen molar-refractivity contribution in [3.05, 3.63) is 25.3 Å². The van der Waals surface area contributed by atoms with Crippen molar-refractivity contribution in [1.82, 2.24) is 0 Å². The average Bonchev–Trinajstić information content (AvgIpc) is 1.37. The molecule has 24 valence electrons. The van der Waals surface area contributed by atoms with E-state index in [9.17, 15) is 0 Å². The molecule has 0 aliphatic heterocycles. The number of hydrogen-bond donors (Lipinski definition) is 0. The summed E-state index contributed by atoms with van der Waals surface area (Å²) in [6, 6.07) is 0. The largest absolute Gasteiger partial charge is 1.00 e. The molecule has 0 aromatic heterocycles. The zero-order valence-corrected chi connectivity index (χ0v) is 3.57. The molecular formula is C4H7Li. The molecule has 0 N–H and O–H groups in total. The summed E-state index contributed by atoms with van der Waals surface area (Å²) in [4.78, 5) is 0. The molecule has 1 heteroatoms. The van der Waals surface area contributed by atoms with Crippen molar-refractivity contribution in [1.29, 1.82) is 0 Å². The minimum atomic E-state index is 0. The van der Waals surface area contributed by atoms with Crippen molar-refractivity contribution in [2.24, 2.45) is 0 Å². The SMILES string of the molecule is C=CC=C.[H-].[Li+]. The summed E-state index contributed by atoms with van der Waals surface area (Å²) in [5.74, 6) is 0. The normalized spacial score (nSPS) is 4.00. The van der Waals surface area contributed by atoms with Crippen LogP contribution in [0.25, 0.3) is 0 Å². The molecule has 0 aliphatic rings. The predicted molar refractivity (Wildman–Crippen MR) is 21.5 cm³/mol. The first-order chi connectivity index (χ1) is 1.91. The fourth-order valence-corrected chi connectivity index (χ4v) is 0. The van der Waals surface area contributed by atoms with Gasteiger partial charge in [-0.25, -0.2) is 0 Å². The molecule has 0 saturated carbocycles. The van der Waals surface area contributed by atoms with E-state index in [1.165, 1.54) is 0 Å². The molecular weight excluding hydrogens is 55.0 g/mol. The number of rotatable bonds is 1. The zero-order valence-electron chi connectivity index (χ0n) is 4.57. The van der Waals surface area contributed by atoms with Gasteiger partial charge in [0.1, 0.15) is 0 Å². The van der Waals surface area contributed by atoms with Crippen LogP contribution in [0, 0.1) is 0 Å². The van der Waals surface area contributed by atoms with Crippen molar-refractivity contribution in [3.63, 3.8) is 0 Å². The van der Waals surface area contributed by atoms with Gasteiger partial charge in [0.25, 0.3) is 0 Å². The number of allylic oxidation sites excluding steroid dienone is 2. The van der Waals surface area contributed by atoms with Crippen molar-refractivity contribution in [3.8, 4) is 0 Å². The van der Waals surface area contributed by atoms with Gasteiger partial charge in [0.2, 0.25) is 0 Å². The minimum Gasteiger partial charge on any atom is -1.00 e. The second-order valence-corrected chi connectivity index (χ2v) is 0.471. The summed E-state index contributed by atoms with van der Waals surface area (Å²) < 4.78 is 0. The van der Waals surface area contributed by atoms with Gasteiger partial charge in [0.05, 0.1) is 0 Å². The fourth-order valence-electron chi connectivity index (χ4n) is 0. The molecule has 0 aliphatic carbocycles. The third-order valence-electron chi connectivity index (χ3n) is 0.167. The Hall–Kier alpha value is 0.0774. The first kappa shape index (κ1) is 8.91. The third kappa shape index (κ3) is 15.2. The summed E-state index contributed by atoms with van der Waals surface area (Å²) in [6.07, 6.45) is 3.28. The second kappa shape index (κ2) is 8.95. The van der Waals surface area contributed by atoms with Gasteiger partial charge < -0.3 is 1.43 Å². The van der Waals surface area contributed by atoms with Crippen molar-refractivity contribution >= 4 is 0 Å². The van der Waals surface area contributed by atoms with Crippen LogP contribution in [0.15, 0.2) is 25.3 Å². The van der Waals surface area contributed by atoms with Crippen LogP contribution < -0.4 is 18.9 Å². The van der Waals surface area contributed by atoms with Gasteiger partial charge in [0, 0.05) is 0 Å². The van der Waals surface area contributed by atoms with Gasteiger partial charge in [-0.2, -0.15) is 0 Å². The smallest absolute Gasteiger partial charge is 1.00 e. The maximum absolute atomic E-state index is 3.36. The standard InChI is InChI=1S/C4H6.Li.H/c1-3-4-2;;/h3-4H,1-2H2;;/q;+1;-1. The Morgan fingerprint density at radius 2 is 1.40 bits per heavy atom. The van der Waals surface area contributed by atoms with Crippen molar-refractivity contribution < 1.29 is 20.3 Å². The Balaban J connectivity index is -0.0000000450. The summed E-state index contributed by atoms with van der Waals surface area (Å²) in [6.45, 7) is 6.72. The van der Waals surface area contributed by atoms with Crippen molar-refractivity contribution in [2.75, 3.05) is 0 Å². The molecule has 0 spiro atoms. The van der Waals surface area contributed by atoms with Gasteiger partial charge in [-0.05, 0) is 0 Å². The van der Waals surface area contributed by atoms with Crippen LogP contribution in [0.2, 0.25) is 0 Å². The van der Waals surface area contributed by atoms with Crippen LogP contribution in [-0.2, 0) is 0 Å². The maximum Gasteiger partial charge on any atom is 1.00 e. The van der Waals surface area contributed by atoms with Gasteiger partial charge >= 0.3 is 18.9 Å². The molecule has 0 unspecified atom stereocenters. The molecule has 5 heavy (non-hydrogen) atoms. The van der Waals surface area contributed by atoms with Crippen molar-refractivity contribution in [2.45, 2.75) is 0 Å². The van der Waals surface area contributed by atoms with E-state index in [4.69, 9.17) is 0 Å².